The number of hydrogen-bond acceptors (Lipinski definition) is 6. The number of nitrogens with one attached hydrogen (secondary N) is 1. The zero-order valence-corrected chi connectivity index (χ0v) is 10.5. The van der Waals surface area contributed by atoms with E-state index in [1.165, 1.54) is 11.8 Å². The maximum atomic E-state index is 9.91. The number of aliphatic hydroxyl groups excluding tert-OH is 4. The Morgan fingerprint density at radius 1 is 1.00 bits per heavy atom. The van der Waals surface area contributed by atoms with E-state index in [0.717, 1.165) is 5.69 Å². The highest BCUT2D eigenvalue weighted by atomic mass is 32.2. The third-order valence-corrected chi connectivity index (χ3v) is 4.44. The monoisotopic (exact) mass is 271 g/mol. The largest absolute Gasteiger partial charge is 0.395 e. The summed E-state index contributed by atoms with van der Waals surface area (Å²) in [7, 11) is 0. The number of thioether (sulfide) groups is 1. The van der Waals surface area contributed by atoms with E-state index >= 15 is 0 Å². The normalized spacial score (nSPS) is 36.3. The van der Waals surface area contributed by atoms with Crippen molar-refractivity contribution in [2.75, 3.05) is 11.9 Å². The molecule has 1 saturated heterocycles. The van der Waals surface area contributed by atoms with Gasteiger partial charge in [0.15, 0.2) is 0 Å². The molecule has 0 amide bonds. The van der Waals surface area contributed by atoms with Crippen molar-refractivity contribution in [3.05, 3.63) is 30.3 Å². The van der Waals surface area contributed by atoms with Crippen LogP contribution in [0.2, 0.25) is 0 Å². The van der Waals surface area contributed by atoms with Crippen molar-refractivity contribution >= 4 is 17.4 Å². The Labute approximate surface area is 109 Å². The van der Waals surface area contributed by atoms with E-state index in [2.05, 4.69) is 5.32 Å². The molecule has 100 valence electrons. The van der Waals surface area contributed by atoms with E-state index < -0.39 is 28.9 Å². The highest BCUT2D eigenvalue weighted by molar-refractivity contribution is 8.00. The summed E-state index contributed by atoms with van der Waals surface area (Å²) in [6.45, 7) is -0.247. The van der Waals surface area contributed by atoms with Gasteiger partial charge in [-0.2, -0.15) is 0 Å². The summed E-state index contributed by atoms with van der Waals surface area (Å²) >= 11 is 1.23. The third kappa shape index (κ3) is 2.78. The van der Waals surface area contributed by atoms with Crippen LogP contribution in [0.4, 0.5) is 5.69 Å². The standard InChI is InChI=1S/C12H17NO4S/c14-6-8-9(15)10(16)11(17)12(18-8)13-7-4-2-1-3-5-7/h1-5,8-17H,6H2/t8-,9-,10+,11-,12-/m1/s1. The number of hydrogen-bond donors (Lipinski definition) is 5. The van der Waals surface area contributed by atoms with E-state index in [-0.39, 0.29) is 6.61 Å². The van der Waals surface area contributed by atoms with Crippen molar-refractivity contribution in [3.63, 3.8) is 0 Å². The fraction of sp³-hybridized carbons (Fsp3) is 0.500. The second-order valence-corrected chi connectivity index (χ2v) is 5.65. The quantitative estimate of drug-likeness (QED) is 0.514. The molecule has 1 fully saturated rings. The molecule has 0 aliphatic carbocycles. The minimum absolute atomic E-state index is 0.247. The summed E-state index contributed by atoms with van der Waals surface area (Å²) < 4.78 is 0. The van der Waals surface area contributed by atoms with Crippen LogP contribution < -0.4 is 5.32 Å². The molecule has 0 unspecified atom stereocenters. The molecule has 1 aliphatic heterocycles. The minimum Gasteiger partial charge on any atom is -0.395 e. The third-order valence-electron chi connectivity index (χ3n) is 2.97. The Kier molecular flexibility index (Phi) is 4.47. The first-order valence-corrected chi connectivity index (χ1v) is 6.70. The van der Waals surface area contributed by atoms with Gasteiger partial charge in [0.25, 0.3) is 0 Å². The Morgan fingerprint density at radius 3 is 2.28 bits per heavy atom. The van der Waals surface area contributed by atoms with E-state index in [9.17, 15) is 15.3 Å². The fourth-order valence-corrected chi connectivity index (χ4v) is 3.23. The van der Waals surface area contributed by atoms with Gasteiger partial charge in [0.2, 0.25) is 0 Å². The molecule has 2 rings (SSSR count). The van der Waals surface area contributed by atoms with Gasteiger partial charge in [-0.1, -0.05) is 18.2 Å². The van der Waals surface area contributed by atoms with Crippen LogP contribution in [0.1, 0.15) is 0 Å². The number of aliphatic hydroxyl groups is 4. The van der Waals surface area contributed by atoms with Crippen LogP contribution in [0.3, 0.4) is 0 Å². The topological polar surface area (TPSA) is 93.0 Å². The molecule has 0 aromatic heterocycles. The van der Waals surface area contributed by atoms with Crippen LogP contribution in [0, 0.1) is 0 Å². The molecule has 0 saturated carbocycles. The van der Waals surface area contributed by atoms with E-state index in [1.807, 2.05) is 30.3 Å². The van der Waals surface area contributed by atoms with Crippen LogP contribution in [0.25, 0.3) is 0 Å². The number of anilines is 1. The van der Waals surface area contributed by atoms with Gasteiger partial charge in [0.1, 0.15) is 17.6 Å². The van der Waals surface area contributed by atoms with Crippen molar-refractivity contribution in [2.45, 2.75) is 28.9 Å². The summed E-state index contributed by atoms with van der Waals surface area (Å²) in [5.41, 5.74) is 0.814. The summed E-state index contributed by atoms with van der Waals surface area (Å²) in [6, 6.07) is 9.29. The summed E-state index contributed by atoms with van der Waals surface area (Å²) in [5.74, 6) is 0. The SMILES string of the molecule is OC[C@H]1S[C@@H](Nc2ccccc2)[C@H](O)[C@@H](O)[C@@H]1O. The lowest BCUT2D eigenvalue weighted by Gasteiger charge is -2.39. The molecule has 0 bridgehead atoms. The predicted octanol–water partition coefficient (Wildman–Crippen LogP) is -0.385. The molecule has 5 atom stereocenters. The van der Waals surface area contributed by atoms with Gasteiger partial charge >= 0.3 is 0 Å². The van der Waals surface area contributed by atoms with Gasteiger partial charge in [0, 0.05) is 5.69 Å². The Bertz CT molecular complexity index is 376. The Hall–Kier alpha value is -0.790. The van der Waals surface area contributed by atoms with Gasteiger partial charge < -0.3 is 25.7 Å². The lowest BCUT2D eigenvalue weighted by molar-refractivity contribution is -0.0672. The molecule has 0 spiro atoms. The van der Waals surface area contributed by atoms with Gasteiger partial charge in [-0.15, -0.1) is 11.8 Å². The van der Waals surface area contributed by atoms with E-state index in [1.54, 1.807) is 0 Å². The lowest BCUT2D eigenvalue weighted by atomic mass is 10.0. The Morgan fingerprint density at radius 2 is 1.67 bits per heavy atom. The van der Waals surface area contributed by atoms with Gasteiger partial charge in [-0.05, 0) is 12.1 Å². The highest BCUT2D eigenvalue weighted by Crippen LogP contribution is 2.33. The van der Waals surface area contributed by atoms with Crippen molar-refractivity contribution in [2.24, 2.45) is 0 Å². The first kappa shape index (κ1) is 13.6. The highest BCUT2D eigenvalue weighted by Gasteiger charge is 2.42. The first-order chi connectivity index (χ1) is 8.63. The van der Waals surface area contributed by atoms with Crippen LogP contribution in [0.5, 0.6) is 0 Å². The maximum absolute atomic E-state index is 9.91. The molecule has 1 aliphatic rings. The van der Waals surface area contributed by atoms with Crippen molar-refractivity contribution < 1.29 is 20.4 Å². The average Bonchev–Trinajstić information content (AvgIpc) is 2.40. The fourth-order valence-electron chi connectivity index (χ4n) is 1.92. The molecule has 1 heterocycles. The van der Waals surface area contributed by atoms with E-state index in [0.29, 0.717) is 0 Å². The smallest absolute Gasteiger partial charge is 0.112 e. The van der Waals surface area contributed by atoms with Crippen LogP contribution in [-0.4, -0.2) is 56.0 Å². The van der Waals surface area contributed by atoms with Gasteiger partial charge in [0.05, 0.1) is 18.0 Å². The molecular formula is C12H17NO4S. The van der Waals surface area contributed by atoms with Crippen LogP contribution >= 0.6 is 11.8 Å². The van der Waals surface area contributed by atoms with Gasteiger partial charge in [-0.3, -0.25) is 0 Å². The molecule has 1 aromatic carbocycles. The first-order valence-electron chi connectivity index (χ1n) is 5.75. The molecule has 5 N–H and O–H groups in total. The summed E-state index contributed by atoms with van der Waals surface area (Å²) in [5, 5.41) is 40.6. The van der Waals surface area contributed by atoms with Crippen LogP contribution in [0.15, 0.2) is 30.3 Å². The number of para-hydroxylation sites is 1. The summed E-state index contributed by atoms with van der Waals surface area (Å²) in [6.07, 6.45) is -3.47. The second-order valence-electron chi connectivity index (χ2n) is 4.26. The number of benzene rings is 1. The Balaban J connectivity index is 2.08. The van der Waals surface area contributed by atoms with Crippen molar-refractivity contribution in [1.29, 1.82) is 0 Å². The predicted molar refractivity (Wildman–Crippen MR) is 70.3 cm³/mol. The maximum Gasteiger partial charge on any atom is 0.112 e. The lowest BCUT2D eigenvalue weighted by Crippen LogP contribution is -2.56. The van der Waals surface area contributed by atoms with Crippen LogP contribution in [-0.2, 0) is 0 Å². The second kappa shape index (κ2) is 5.90. The van der Waals surface area contributed by atoms with Crippen molar-refractivity contribution in [1.82, 2.24) is 0 Å². The molecule has 6 heteroatoms. The minimum atomic E-state index is -1.26. The van der Waals surface area contributed by atoms with Gasteiger partial charge in [-0.25, -0.2) is 0 Å². The molecule has 1 aromatic rings. The average molecular weight is 271 g/mol. The molecule has 18 heavy (non-hydrogen) atoms. The zero-order chi connectivity index (χ0) is 13.1. The molecular weight excluding hydrogens is 254 g/mol. The molecule has 0 radical (unpaired) electrons. The number of rotatable bonds is 3. The van der Waals surface area contributed by atoms with Crippen molar-refractivity contribution in [3.8, 4) is 0 Å². The molecule has 5 nitrogen and oxygen atoms in total. The zero-order valence-electron chi connectivity index (χ0n) is 9.68. The summed E-state index contributed by atoms with van der Waals surface area (Å²) in [4.78, 5) is 0. The van der Waals surface area contributed by atoms with E-state index in [4.69, 9.17) is 5.11 Å².